The fraction of sp³-hybridized carbons (Fsp3) is 0.111. The van der Waals surface area contributed by atoms with E-state index in [1.54, 1.807) is 12.3 Å². The van der Waals surface area contributed by atoms with Gasteiger partial charge in [-0.2, -0.15) is 5.10 Å². The number of nitrogens with zero attached hydrogens (tertiary/aromatic N) is 2. The molecule has 128 valence electrons. The Kier molecular flexibility index (Phi) is 6.07. The van der Waals surface area contributed by atoms with Crippen LogP contribution >= 0.6 is 38.9 Å². The molecule has 0 aliphatic heterocycles. The Bertz CT molecular complexity index is 880. The summed E-state index contributed by atoms with van der Waals surface area (Å²) in [6.07, 6.45) is 1.68. The van der Waals surface area contributed by atoms with Crippen molar-refractivity contribution in [1.29, 1.82) is 0 Å². The highest BCUT2D eigenvalue weighted by atomic mass is 79.9. The van der Waals surface area contributed by atoms with E-state index in [1.165, 1.54) is 11.3 Å². The van der Waals surface area contributed by atoms with Crippen LogP contribution < -0.4 is 10.2 Å². The molecule has 0 spiro atoms. The van der Waals surface area contributed by atoms with Crippen LogP contribution in [0.1, 0.15) is 16.8 Å². The minimum absolute atomic E-state index is 0.467. The second kappa shape index (κ2) is 8.47. The predicted molar refractivity (Wildman–Crippen MR) is 108 cm³/mol. The van der Waals surface area contributed by atoms with Gasteiger partial charge in [-0.1, -0.05) is 39.7 Å². The maximum atomic E-state index is 6.10. The lowest BCUT2D eigenvalue weighted by Crippen LogP contribution is -1.99. The summed E-state index contributed by atoms with van der Waals surface area (Å²) in [5, 5.41) is 7.55. The fourth-order valence-electron chi connectivity index (χ4n) is 2.06. The first-order chi connectivity index (χ1) is 12.1. The van der Waals surface area contributed by atoms with Gasteiger partial charge in [0.05, 0.1) is 11.9 Å². The van der Waals surface area contributed by atoms with Gasteiger partial charge in [0, 0.05) is 20.4 Å². The lowest BCUT2D eigenvalue weighted by Gasteiger charge is -2.09. The molecular formula is C18H15BrClN3OS. The average molecular weight is 437 g/mol. The molecule has 3 aromatic rings. The summed E-state index contributed by atoms with van der Waals surface area (Å²) in [6, 6.07) is 13.5. The van der Waals surface area contributed by atoms with Gasteiger partial charge in [0.1, 0.15) is 12.4 Å². The van der Waals surface area contributed by atoms with E-state index in [-0.39, 0.29) is 0 Å². The Morgan fingerprint density at radius 1 is 1.28 bits per heavy atom. The molecule has 3 rings (SSSR count). The first-order valence-electron chi connectivity index (χ1n) is 7.48. The van der Waals surface area contributed by atoms with Crippen LogP contribution in [0.4, 0.5) is 5.13 Å². The third-order valence-electron chi connectivity index (χ3n) is 3.26. The number of aryl methyl sites for hydroxylation is 1. The van der Waals surface area contributed by atoms with Crippen molar-refractivity contribution in [2.75, 3.05) is 5.43 Å². The smallest absolute Gasteiger partial charge is 0.203 e. The van der Waals surface area contributed by atoms with Gasteiger partial charge in [0.15, 0.2) is 0 Å². The maximum Gasteiger partial charge on any atom is 0.203 e. The summed E-state index contributed by atoms with van der Waals surface area (Å²) in [5.41, 5.74) is 5.75. The lowest BCUT2D eigenvalue weighted by molar-refractivity contribution is 0.306. The highest BCUT2D eigenvalue weighted by molar-refractivity contribution is 9.10. The van der Waals surface area contributed by atoms with Crippen molar-refractivity contribution in [2.45, 2.75) is 13.5 Å². The molecule has 1 aromatic heterocycles. The predicted octanol–water partition coefficient (Wildman–Crippen LogP) is 5.89. The van der Waals surface area contributed by atoms with Crippen LogP contribution in [0.2, 0.25) is 5.02 Å². The molecule has 2 aromatic carbocycles. The Morgan fingerprint density at radius 2 is 2.08 bits per heavy atom. The molecular weight excluding hydrogens is 422 g/mol. The highest BCUT2D eigenvalue weighted by Gasteiger charge is 2.04. The van der Waals surface area contributed by atoms with Gasteiger partial charge in [0.25, 0.3) is 0 Å². The number of rotatable bonds is 6. The van der Waals surface area contributed by atoms with E-state index in [9.17, 15) is 0 Å². The quantitative estimate of drug-likeness (QED) is 0.387. The molecule has 0 fully saturated rings. The van der Waals surface area contributed by atoms with E-state index in [0.717, 1.165) is 26.4 Å². The molecule has 0 bridgehead atoms. The molecule has 0 aliphatic rings. The lowest BCUT2D eigenvalue weighted by atomic mass is 10.2. The average Bonchev–Trinajstić information content (AvgIpc) is 3.01. The number of benzene rings is 2. The minimum atomic E-state index is 0.467. The van der Waals surface area contributed by atoms with Crippen LogP contribution in [0.15, 0.2) is 57.4 Å². The van der Waals surface area contributed by atoms with E-state index in [4.69, 9.17) is 16.3 Å². The zero-order valence-electron chi connectivity index (χ0n) is 13.4. The highest BCUT2D eigenvalue weighted by Crippen LogP contribution is 2.23. The number of halogens is 2. The van der Waals surface area contributed by atoms with Crippen molar-refractivity contribution < 1.29 is 4.74 Å². The molecule has 0 radical (unpaired) electrons. The maximum absolute atomic E-state index is 6.10. The van der Waals surface area contributed by atoms with Crippen molar-refractivity contribution in [3.05, 3.63) is 74.2 Å². The van der Waals surface area contributed by atoms with Crippen LogP contribution in [-0.2, 0) is 6.61 Å². The third-order valence-corrected chi connectivity index (χ3v) is 4.89. The van der Waals surface area contributed by atoms with Gasteiger partial charge in [-0.3, -0.25) is 5.43 Å². The largest absolute Gasteiger partial charge is 0.488 e. The molecule has 25 heavy (non-hydrogen) atoms. The van der Waals surface area contributed by atoms with Crippen molar-refractivity contribution in [2.24, 2.45) is 5.10 Å². The van der Waals surface area contributed by atoms with Crippen molar-refractivity contribution in [3.63, 3.8) is 0 Å². The van der Waals surface area contributed by atoms with Gasteiger partial charge in [0.2, 0.25) is 5.13 Å². The number of anilines is 1. The number of hydrogen-bond acceptors (Lipinski definition) is 5. The summed E-state index contributed by atoms with van der Waals surface area (Å²) < 4.78 is 6.96. The van der Waals surface area contributed by atoms with Gasteiger partial charge in [-0.15, -0.1) is 11.3 Å². The van der Waals surface area contributed by atoms with Crippen LogP contribution in [0.5, 0.6) is 5.75 Å². The monoisotopic (exact) mass is 435 g/mol. The van der Waals surface area contributed by atoms with Crippen LogP contribution in [0.25, 0.3) is 0 Å². The second-order valence-corrected chi connectivity index (χ2v) is 7.47. The standard InChI is InChI=1S/C18H15BrClN3OS/c1-12-11-25-18(22-12)23-21-9-14-8-16(20)6-7-17(14)24-10-13-2-4-15(19)5-3-13/h2-9,11H,10H2,1H3,(H,22,23). The van der Waals surface area contributed by atoms with E-state index in [0.29, 0.717) is 17.4 Å². The molecule has 0 atom stereocenters. The van der Waals surface area contributed by atoms with E-state index in [1.807, 2.05) is 48.7 Å². The SMILES string of the molecule is Cc1csc(NN=Cc2cc(Cl)ccc2OCc2ccc(Br)cc2)n1. The molecule has 0 amide bonds. The summed E-state index contributed by atoms with van der Waals surface area (Å²) >= 11 is 11.0. The summed E-state index contributed by atoms with van der Waals surface area (Å²) in [5.74, 6) is 0.716. The number of hydrazone groups is 1. The van der Waals surface area contributed by atoms with Crippen LogP contribution in [0, 0.1) is 6.92 Å². The van der Waals surface area contributed by atoms with Crippen LogP contribution in [0.3, 0.4) is 0 Å². The fourth-order valence-corrected chi connectivity index (χ4v) is 3.14. The number of ether oxygens (including phenoxy) is 1. The van der Waals surface area contributed by atoms with Gasteiger partial charge in [-0.25, -0.2) is 4.98 Å². The van der Waals surface area contributed by atoms with Crippen molar-refractivity contribution in [1.82, 2.24) is 4.98 Å². The van der Waals surface area contributed by atoms with E-state index in [2.05, 4.69) is 31.4 Å². The molecule has 0 unspecified atom stereocenters. The summed E-state index contributed by atoms with van der Waals surface area (Å²) in [6.45, 7) is 2.41. The Hall–Kier alpha value is -1.89. The first kappa shape index (κ1) is 17.9. The summed E-state index contributed by atoms with van der Waals surface area (Å²) in [7, 11) is 0. The number of aromatic nitrogens is 1. The zero-order chi connectivity index (χ0) is 17.6. The van der Waals surface area contributed by atoms with Gasteiger partial charge < -0.3 is 4.74 Å². The van der Waals surface area contributed by atoms with Crippen molar-refractivity contribution in [3.8, 4) is 5.75 Å². The molecule has 4 nitrogen and oxygen atoms in total. The minimum Gasteiger partial charge on any atom is -0.488 e. The number of thiazole rings is 1. The number of nitrogens with one attached hydrogen (secondary N) is 1. The zero-order valence-corrected chi connectivity index (χ0v) is 16.5. The van der Waals surface area contributed by atoms with Gasteiger partial charge >= 0.3 is 0 Å². The molecule has 0 saturated carbocycles. The Morgan fingerprint density at radius 3 is 2.80 bits per heavy atom. The van der Waals surface area contributed by atoms with Gasteiger partial charge in [-0.05, 0) is 42.8 Å². The molecule has 7 heteroatoms. The molecule has 0 aliphatic carbocycles. The first-order valence-corrected chi connectivity index (χ1v) is 9.53. The topological polar surface area (TPSA) is 46.5 Å². The Labute approximate surface area is 163 Å². The Balaban J connectivity index is 1.70. The third kappa shape index (κ3) is 5.29. The molecule has 0 saturated heterocycles. The molecule has 1 heterocycles. The summed E-state index contributed by atoms with van der Waals surface area (Å²) in [4.78, 5) is 4.30. The number of hydrogen-bond donors (Lipinski definition) is 1. The van der Waals surface area contributed by atoms with Crippen molar-refractivity contribution >= 4 is 50.2 Å². The van der Waals surface area contributed by atoms with E-state index < -0.39 is 0 Å². The van der Waals surface area contributed by atoms with E-state index >= 15 is 0 Å². The normalized spacial score (nSPS) is 11.0. The second-order valence-electron chi connectivity index (χ2n) is 5.26. The van der Waals surface area contributed by atoms with Crippen LogP contribution in [-0.4, -0.2) is 11.2 Å². The molecule has 1 N–H and O–H groups in total.